The third-order valence-corrected chi connectivity index (χ3v) is 5.52. The number of aromatic nitrogens is 5. The summed E-state index contributed by atoms with van der Waals surface area (Å²) in [6.45, 7) is 5.60. The van der Waals surface area contributed by atoms with Crippen LogP contribution in [-0.4, -0.2) is 66.6 Å². The minimum atomic E-state index is -4.70. The number of carbonyl (C=O) groups excluding carboxylic acids is 1. The van der Waals surface area contributed by atoms with Gasteiger partial charge in [-0.2, -0.15) is 18.3 Å². The Bertz CT molecular complexity index is 1470. The van der Waals surface area contributed by atoms with Gasteiger partial charge in [0.1, 0.15) is 11.5 Å². The average molecular weight is 547 g/mol. The Morgan fingerprint density at radius 2 is 2.05 bits per heavy atom. The van der Waals surface area contributed by atoms with Gasteiger partial charge in [-0.1, -0.05) is 6.08 Å². The van der Waals surface area contributed by atoms with Gasteiger partial charge in [0.15, 0.2) is 5.69 Å². The van der Waals surface area contributed by atoms with Gasteiger partial charge in [0.05, 0.1) is 49.4 Å². The molecule has 0 spiro atoms. The summed E-state index contributed by atoms with van der Waals surface area (Å²) in [4.78, 5) is 20.9. The van der Waals surface area contributed by atoms with E-state index in [1.165, 1.54) is 47.4 Å². The second-order valence-electron chi connectivity index (χ2n) is 8.30. The van der Waals surface area contributed by atoms with Crippen molar-refractivity contribution in [2.75, 3.05) is 26.4 Å². The first-order chi connectivity index (χ1) is 18.6. The average Bonchev–Trinajstić information content (AvgIpc) is 3.48. The molecule has 0 aliphatic rings. The van der Waals surface area contributed by atoms with Crippen molar-refractivity contribution in [2.45, 2.75) is 19.6 Å². The number of halogens is 3. The fraction of sp³-hybridized carbons (Fsp3) is 0.280. The van der Waals surface area contributed by atoms with E-state index in [2.05, 4.69) is 27.0 Å². The summed E-state index contributed by atoms with van der Waals surface area (Å²) in [6.07, 6.45) is 2.03. The highest BCUT2D eigenvalue weighted by atomic mass is 19.4. The van der Waals surface area contributed by atoms with E-state index in [9.17, 15) is 23.1 Å². The number of benzene rings is 1. The van der Waals surface area contributed by atoms with Gasteiger partial charge in [-0.05, 0) is 18.6 Å². The normalized spacial score (nSPS) is 11.6. The molecule has 4 rings (SSSR count). The van der Waals surface area contributed by atoms with Gasteiger partial charge in [0.2, 0.25) is 5.65 Å². The summed E-state index contributed by atoms with van der Waals surface area (Å²) in [6, 6.07) is 2.73. The van der Waals surface area contributed by atoms with Crippen molar-refractivity contribution in [1.82, 2.24) is 29.5 Å². The highest BCUT2D eigenvalue weighted by molar-refractivity contribution is 5.98. The van der Waals surface area contributed by atoms with Gasteiger partial charge in [0.25, 0.3) is 11.8 Å². The van der Waals surface area contributed by atoms with Crippen molar-refractivity contribution in [3.63, 3.8) is 0 Å². The van der Waals surface area contributed by atoms with Crippen molar-refractivity contribution in [3.05, 3.63) is 66.4 Å². The molecule has 14 heteroatoms. The lowest BCUT2D eigenvalue weighted by atomic mass is 10.1. The first kappa shape index (κ1) is 27.6. The summed E-state index contributed by atoms with van der Waals surface area (Å²) in [5.41, 5.74) is -0.568. The van der Waals surface area contributed by atoms with Gasteiger partial charge in [0, 0.05) is 31.2 Å². The predicted molar refractivity (Wildman–Crippen MR) is 133 cm³/mol. The maximum Gasteiger partial charge on any atom is 0.435 e. The number of nitrogens with one attached hydrogen (secondary N) is 1. The number of ether oxygens (including phenoxy) is 2. The standard InChI is InChI=1S/C25H25F3N6O5/c1-3-6-33-14-17(21(32-33)25(26,27)28)18-13-31-22-24(30-4-7-34(18)22)39-16-11-15(2)20(19(36)12-16)23(37)29-5-9-38-10-8-35/h3-4,7,11-14,35-36H,1,5-6,8-10H2,2H3,(H,29,37). The topological polar surface area (TPSA) is 136 Å². The zero-order chi connectivity index (χ0) is 28.2. The molecule has 0 aliphatic carbocycles. The Morgan fingerprint density at radius 1 is 1.26 bits per heavy atom. The maximum atomic E-state index is 13.7. The lowest BCUT2D eigenvalue weighted by Crippen LogP contribution is -2.28. The molecule has 3 N–H and O–H groups in total. The number of aromatic hydroxyl groups is 1. The predicted octanol–water partition coefficient (Wildman–Crippen LogP) is 3.34. The molecule has 0 saturated carbocycles. The molecule has 1 aromatic carbocycles. The molecule has 0 atom stereocenters. The second kappa shape index (κ2) is 11.5. The lowest BCUT2D eigenvalue weighted by Gasteiger charge is -2.13. The summed E-state index contributed by atoms with van der Waals surface area (Å²) in [7, 11) is 0. The van der Waals surface area contributed by atoms with Crippen molar-refractivity contribution >= 4 is 11.6 Å². The van der Waals surface area contributed by atoms with Gasteiger partial charge in [-0.3, -0.25) is 13.9 Å². The maximum absolute atomic E-state index is 13.7. The van der Waals surface area contributed by atoms with Crippen molar-refractivity contribution in [3.8, 4) is 28.6 Å². The van der Waals surface area contributed by atoms with Crippen LogP contribution in [0.2, 0.25) is 0 Å². The number of alkyl halides is 3. The van der Waals surface area contributed by atoms with E-state index in [4.69, 9.17) is 14.6 Å². The Labute approximate surface area is 220 Å². The summed E-state index contributed by atoms with van der Waals surface area (Å²) in [5.74, 6) is -0.778. The zero-order valence-electron chi connectivity index (χ0n) is 20.8. The number of amides is 1. The van der Waals surface area contributed by atoms with Gasteiger partial charge >= 0.3 is 6.18 Å². The molecule has 11 nitrogen and oxygen atoms in total. The number of phenolic OH excluding ortho intramolecular Hbond substituents is 1. The minimum absolute atomic E-state index is 0.0344. The highest BCUT2D eigenvalue weighted by Gasteiger charge is 2.38. The van der Waals surface area contributed by atoms with Crippen molar-refractivity contribution in [1.29, 1.82) is 0 Å². The van der Waals surface area contributed by atoms with E-state index in [-0.39, 0.29) is 72.8 Å². The Morgan fingerprint density at radius 3 is 2.74 bits per heavy atom. The molecule has 3 heterocycles. The van der Waals surface area contributed by atoms with Crippen LogP contribution in [-0.2, 0) is 17.5 Å². The minimum Gasteiger partial charge on any atom is -0.507 e. The molecule has 0 bridgehead atoms. The number of aliphatic hydroxyl groups excluding tert-OH is 1. The van der Waals surface area contributed by atoms with Crippen LogP contribution in [0.5, 0.6) is 17.4 Å². The van der Waals surface area contributed by atoms with Crippen LogP contribution < -0.4 is 10.1 Å². The Kier molecular flexibility index (Phi) is 8.16. The van der Waals surface area contributed by atoms with Crippen molar-refractivity contribution < 1.29 is 37.7 Å². The number of carbonyl (C=O) groups is 1. The van der Waals surface area contributed by atoms with Gasteiger partial charge < -0.3 is 25.0 Å². The molecular formula is C25H25F3N6O5. The number of hydrogen-bond acceptors (Lipinski definition) is 8. The molecule has 0 unspecified atom stereocenters. The SMILES string of the molecule is C=CCn1cc(-c2cnc3c(Oc4cc(C)c(C(=O)NCCOCCO)c(O)c4)nccn23)c(C(F)(F)F)n1. The van der Waals surface area contributed by atoms with E-state index in [0.717, 1.165) is 4.68 Å². The van der Waals surface area contributed by atoms with E-state index >= 15 is 0 Å². The van der Waals surface area contributed by atoms with Crippen LogP contribution in [0.4, 0.5) is 13.2 Å². The first-order valence-electron chi connectivity index (χ1n) is 11.7. The molecule has 0 aliphatic heterocycles. The number of rotatable bonds is 11. The number of fused-ring (bicyclic) bond motifs is 1. The highest BCUT2D eigenvalue weighted by Crippen LogP contribution is 2.37. The number of nitrogens with zero attached hydrogens (tertiary/aromatic N) is 5. The van der Waals surface area contributed by atoms with Crippen molar-refractivity contribution in [2.24, 2.45) is 0 Å². The van der Waals surface area contributed by atoms with Crippen LogP contribution in [0.25, 0.3) is 16.9 Å². The molecule has 1 amide bonds. The Balaban J connectivity index is 1.61. The smallest absolute Gasteiger partial charge is 0.435 e. The first-order valence-corrected chi connectivity index (χ1v) is 11.7. The molecular weight excluding hydrogens is 521 g/mol. The fourth-order valence-electron chi connectivity index (χ4n) is 3.90. The molecule has 0 fully saturated rings. The molecule has 0 saturated heterocycles. The van der Waals surface area contributed by atoms with E-state index in [0.29, 0.717) is 5.56 Å². The number of hydrogen-bond donors (Lipinski definition) is 3. The molecule has 39 heavy (non-hydrogen) atoms. The summed E-state index contributed by atoms with van der Waals surface area (Å²) >= 11 is 0. The summed E-state index contributed by atoms with van der Waals surface area (Å²) < 4.78 is 54.6. The van der Waals surface area contributed by atoms with E-state index in [1.807, 2.05) is 0 Å². The van der Waals surface area contributed by atoms with Gasteiger partial charge in [-0.15, -0.1) is 6.58 Å². The molecule has 3 aromatic heterocycles. The third kappa shape index (κ3) is 6.02. The van der Waals surface area contributed by atoms with Crippen LogP contribution in [0.15, 0.2) is 49.6 Å². The van der Waals surface area contributed by atoms with Crippen LogP contribution in [0.1, 0.15) is 21.6 Å². The molecule has 206 valence electrons. The largest absolute Gasteiger partial charge is 0.507 e. The zero-order valence-corrected chi connectivity index (χ0v) is 20.8. The number of aliphatic hydroxyl groups is 1. The number of phenols is 1. The van der Waals surface area contributed by atoms with Gasteiger partial charge in [-0.25, -0.2) is 9.97 Å². The van der Waals surface area contributed by atoms with Crippen LogP contribution in [0.3, 0.4) is 0 Å². The fourth-order valence-corrected chi connectivity index (χ4v) is 3.90. The third-order valence-electron chi connectivity index (χ3n) is 5.52. The Hall–Kier alpha value is -4.43. The number of imidazole rings is 1. The van der Waals surface area contributed by atoms with Crippen LogP contribution in [0, 0.1) is 6.92 Å². The monoisotopic (exact) mass is 546 g/mol. The molecule has 4 aromatic rings. The van der Waals surface area contributed by atoms with E-state index in [1.54, 1.807) is 6.92 Å². The number of aryl methyl sites for hydroxylation is 1. The second-order valence-corrected chi connectivity index (χ2v) is 8.30. The molecule has 0 radical (unpaired) electrons. The lowest BCUT2D eigenvalue weighted by molar-refractivity contribution is -0.141. The van der Waals surface area contributed by atoms with E-state index < -0.39 is 17.8 Å². The summed E-state index contributed by atoms with van der Waals surface area (Å²) in [5, 5.41) is 25.5. The van der Waals surface area contributed by atoms with Crippen LogP contribution >= 0.6 is 0 Å². The quantitative estimate of drug-likeness (QED) is 0.193. The number of allylic oxidation sites excluding steroid dienone is 1.